The molecule has 152 valence electrons. The first kappa shape index (κ1) is 20.3. The molecule has 1 aliphatic rings. The van der Waals surface area contributed by atoms with E-state index in [0.29, 0.717) is 22.7 Å². The molecule has 2 aromatic rings. The maximum atomic E-state index is 12.4. The Morgan fingerprint density at radius 1 is 1.07 bits per heavy atom. The van der Waals surface area contributed by atoms with Crippen LogP contribution in [0.4, 0.5) is 5.69 Å². The zero-order chi connectivity index (χ0) is 20.6. The van der Waals surface area contributed by atoms with Crippen molar-refractivity contribution in [2.75, 3.05) is 11.9 Å². The quantitative estimate of drug-likeness (QED) is 0.630. The fourth-order valence-corrected chi connectivity index (χ4v) is 3.09. The van der Waals surface area contributed by atoms with E-state index in [1.54, 1.807) is 36.4 Å². The number of nitrogens with zero attached hydrogens (tertiary/aromatic N) is 1. The molecule has 8 nitrogen and oxygen atoms in total. The maximum absolute atomic E-state index is 12.4. The molecule has 0 atom stereocenters. The number of aromatic nitrogens is 1. The summed E-state index contributed by atoms with van der Waals surface area (Å²) in [5, 5.41) is 13.6. The van der Waals surface area contributed by atoms with Crippen molar-refractivity contribution in [2.24, 2.45) is 0 Å². The third kappa shape index (κ3) is 6.31. The average Bonchev–Trinajstić information content (AvgIpc) is 3.21. The van der Waals surface area contributed by atoms with Gasteiger partial charge in [0.1, 0.15) is 12.6 Å². The summed E-state index contributed by atoms with van der Waals surface area (Å²) in [7, 11) is 0. The van der Waals surface area contributed by atoms with Crippen molar-refractivity contribution in [3.05, 3.63) is 53.7 Å². The molecule has 1 aliphatic carbocycles. The molecule has 0 aliphatic heterocycles. The number of benzene rings is 1. The van der Waals surface area contributed by atoms with Crippen LogP contribution in [-0.4, -0.2) is 40.5 Å². The zero-order valence-corrected chi connectivity index (χ0v) is 15.9. The first-order valence-corrected chi connectivity index (χ1v) is 9.51. The summed E-state index contributed by atoms with van der Waals surface area (Å²) in [6.07, 6.45) is 6.21. The van der Waals surface area contributed by atoms with Crippen molar-refractivity contribution in [1.82, 2.24) is 10.3 Å². The lowest BCUT2D eigenvalue weighted by Crippen LogP contribution is -2.30. The molecule has 1 heterocycles. The maximum Gasteiger partial charge on any atom is 0.322 e. The van der Waals surface area contributed by atoms with E-state index in [9.17, 15) is 14.4 Å². The summed E-state index contributed by atoms with van der Waals surface area (Å²) in [6.45, 7) is -0.411. The molecule has 1 fully saturated rings. The third-order valence-corrected chi connectivity index (χ3v) is 4.60. The Morgan fingerprint density at radius 2 is 1.79 bits per heavy atom. The molecule has 0 radical (unpaired) electrons. The summed E-state index contributed by atoms with van der Waals surface area (Å²) >= 11 is 0. The first-order chi connectivity index (χ1) is 14.0. The van der Waals surface area contributed by atoms with Crippen molar-refractivity contribution in [3.8, 4) is 5.88 Å². The van der Waals surface area contributed by atoms with E-state index in [1.165, 1.54) is 19.0 Å². The second-order valence-corrected chi connectivity index (χ2v) is 6.91. The Morgan fingerprint density at radius 3 is 2.41 bits per heavy atom. The van der Waals surface area contributed by atoms with Crippen molar-refractivity contribution in [1.29, 1.82) is 0 Å². The van der Waals surface area contributed by atoms with Crippen LogP contribution >= 0.6 is 0 Å². The number of carbonyl (C=O) groups excluding carboxylic acids is 2. The van der Waals surface area contributed by atoms with Gasteiger partial charge in [-0.1, -0.05) is 12.1 Å². The molecular weight excluding hydrogens is 374 g/mol. The van der Waals surface area contributed by atoms with Gasteiger partial charge in [0.25, 0.3) is 5.91 Å². The van der Waals surface area contributed by atoms with E-state index in [-0.39, 0.29) is 24.3 Å². The van der Waals surface area contributed by atoms with Crippen molar-refractivity contribution >= 4 is 23.5 Å². The second-order valence-electron chi connectivity index (χ2n) is 6.91. The molecule has 0 unspecified atom stereocenters. The number of carbonyl (C=O) groups is 3. The fraction of sp³-hybridized carbons (Fsp3) is 0.333. The van der Waals surface area contributed by atoms with Gasteiger partial charge in [-0.15, -0.1) is 0 Å². The van der Waals surface area contributed by atoms with Crippen LogP contribution in [0.1, 0.15) is 41.6 Å². The molecule has 3 N–H and O–H groups in total. The number of nitrogens with one attached hydrogen (secondary N) is 2. The van der Waals surface area contributed by atoms with Crippen LogP contribution in [0.15, 0.2) is 42.6 Å². The fourth-order valence-electron chi connectivity index (χ4n) is 3.09. The predicted molar refractivity (Wildman–Crippen MR) is 106 cm³/mol. The molecule has 0 saturated heterocycles. The highest BCUT2D eigenvalue weighted by Gasteiger charge is 2.17. The Bertz CT molecular complexity index is 859. The highest BCUT2D eigenvalue weighted by molar-refractivity contribution is 6.04. The Hall–Kier alpha value is -3.42. The molecule has 0 spiro atoms. The second kappa shape index (κ2) is 9.68. The summed E-state index contributed by atoms with van der Waals surface area (Å²) in [4.78, 5) is 38.7. The summed E-state index contributed by atoms with van der Waals surface area (Å²) < 4.78 is 5.80. The summed E-state index contributed by atoms with van der Waals surface area (Å²) in [6, 6.07) is 10.1. The molecule has 3 rings (SSSR count). The van der Waals surface area contributed by atoms with Crippen molar-refractivity contribution < 1.29 is 24.2 Å². The van der Waals surface area contributed by atoms with Crippen LogP contribution in [0.2, 0.25) is 0 Å². The van der Waals surface area contributed by atoms with E-state index in [0.717, 1.165) is 12.8 Å². The molecular formula is C21H23N3O5. The van der Waals surface area contributed by atoms with E-state index in [2.05, 4.69) is 15.6 Å². The van der Waals surface area contributed by atoms with Crippen molar-refractivity contribution in [2.45, 2.75) is 38.2 Å². The molecule has 1 saturated carbocycles. The molecule has 1 aromatic heterocycles. The molecule has 0 bridgehead atoms. The Balaban J connectivity index is 1.50. The number of rotatable bonds is 8. The smallest absolute Gasteiger partial charge is 0.322 e. The summed E-state index contributed by atoms with van der Waals surface area (Å²) in [5.74, 6) is -1.24. The van der Waals surface area contributed by atoms with Gasteiger partial charge in [0.15, 0.2) is 0 Å². The Labute approximate surface area is 168 Å². The van der Waals surface area contributed by atoms with E-state index in [1.807, 2.05) is 0 Å². The van der Waals surface area contributed by atoms with Gasteiger partial charge in [-0.05, 0) is 49.4 Å². The lowest BCUT2D eigenvalue weighted by atomic mass is 10.1. The van der Waals surface area contributed by atoms with Crippen LogP contribution < -0.4 is 15.4 Å². The molecule has 1 aromatic carbocycles. The van der Waals surface area contributed by atoms with E-state index in [4.69, 9.17) is 9.84 Å². The topological polar surface area (TPSA) is 118 Å². The highest BCUT2D eigenvalue weighted by Crippen LogP contribution is 2.23. The molecule has 29 heavy (non-hydrogen) atoms. The van der Waals surface area contributed by atoms with E-state index >= 15 is 0 Å². The minimum atomic E-state index is -1.09. The van der Waals surface area contributed by atoms with E-state index < -0.39 is 12.5 Å². The minimum Gasteiger partial charge on any atom is -0.480 e. The number of pyridine rings is 1. The van der Waals surface area contributed by atoms with Crippen LogP contribution in [0.3, 0.4) is 0 Å². The van der Waals surface area contributed by atoms with Crippen LogP contribution in [0.25, 0.3) is 0 Å². The molecule has 8 heteroatoms. The number of amides is 2. The number of hydrogen-bond donors (Lipinski definition) is 3. The van der Waals surface area contributed by atoms with Gasteiger partial charge in [0.05, 0.1) is 12.0 Å². The normalized spacial score (nSPS) is 13.7. The van der Waals surface area contributed by atoms with Gasteiger partial charge in [-0.3, -0.25) is 14.4 Å². The predicted octanol–water partition coefficient (Wildman–Crippen LogP) is 2.40. The van der Waals surface area contributed by atoms with Gasteiger partial charge in [-0.2, -0.15) is 0 Å². The van der Waals surface area contributed by atoms with Gasteiger partial charge in [-0.25, -0.2) is 4.98 Å². The number of carboxylic acid groups (broad SMARTS) is 1. The van der Waals surface area contributed by atoms with Gasteiger partial charge in [0, 0.05) is 18.0 Å². The monoisotopic (exact) mass is 397 g/mol. The highest BCUT2D eigenvalue weighted by atomic mass is 16.5. The number of anilines is 1. The lowest BCUT2D eigenvalue weighted by Gasteiger charge is -2.12. The SMILES string of the molecule is O=C(O)CNC(=O)Cc1ccc(NC(=O)c2ccc(OC3CCCC3)nc2)cc1. The number of hydrogen-bond acceptors (Lipinski definition) is 5. The number of aliphatic carboxylic acids is 1. The standard InChI is InChI=1S/C21H23N3O5/c25-18(22-13-20(26)27)11-14-5-8-16(9-6-14)24-21(28)15-7-10-19(23-12-15)29-17-3-1-2-4-17/h5-10,12,17H,1-4,11,13H2,(H,22,25)(H,24,28)(H,26,27). The largest absolute Gasteiger partial charge is 0.480 e. The lowest BCUT2D eigenvalue weighted by molar-refractivity contribution is -0.137. The van der Waals surface area contributed by atoms with Gasteiger partial charge < -0.3 is 20.5 Å². The third-order valence-electron chi connectivity index (χ3n) is 4.60. The van der Waals surface area contributed by atoms with Crippen LogP contribution in [0, 0.1) is 0 Å². The van der Waals surface area contributed by atoms with Crippen LogP contribution in [0.5, 0.6) is 5.88 Å². The first-order valence-electron chi connectivity index (χ1n) is 9.51. The number of carboxylic acids is 1. The summed E-state index contributed by atoms with van der Waals surface area (Å²) in [5.41, 5.74) is 1.71. The Kier molecular flexibility index (Phi) is 6.78. The average molecular weight is 397 g/mol. The van der Waals surface area contributed by atoms with Gasteiger partial charge >= 0.3 is 5.97 Å². The number of ether oxygens (including phenoxy) is 1. The van der Waals surface area contributed by atoms with Crippen LogP contribution in [-0.2, 0) is 16.0 Å². The minimum absolute atomic E-state index is 0.0634. The van der Waals surface area contributed by atoms with Gasteiger partial charge in [0.2, 0.25) is 11.8 Å². The molecule has 2 amide bonds. The van der Waals surface area contributed by atoms with Crippen molar-refractivity contribution in [3.63, 3.8) is 0 Å². The zero-order valence-electron chi connectivity index (χ0n) is 15.9.